The van der Waals surface area contributed by atoms with Crippen LogP contribution >= 0.6 is 22.6 Å². The van der Waals surface area contributed by atoms with Crippen LogP contribution in [0.2, 0.25) is 0 Å². The summed E-state index contributed by atoms with van der Waals surface area (Å²) < 4.78 is 2.36. The van der Waals surface area contributed by atoms with E-state index in [2.05, 4.69) is 27.9 Å². The van der Waals surface area contributed by atoms with Gasteiger partial charge in [-0.3, -0.25) is 9.59 Å². The van der Waals surface area contributed by atoms with E-state index in [0.717, 1.165) is 9.13 Å². The van der Waals surface area contributed by atoms with Crippen LogP contribution in [0, 0.1) is 10.5 Å². The lowest BCUT2D eigenvalue weighted by molar-refractivity contribution is 0.102. The Morgan fingerprint density at radius 2 is 2.00 bits per heavy atom. The summed E-state index contributed by atoms with van der Waals surface area (Å²) >= 11 is 2.16. The van der Waals surface area contributed by atoms with E-state index in [1.165, 1.54) is 10.6 Å². The largest absolute Gasteiger partial charge is 0.321 e. The summed E-state index contributed by atoms with van der Waals surface area (Å²) in [6, 6.07) is 8.63. The van der Waals surface area contributed by atoms with Crippen LogP contribution in [0.15, 0.2) is 41.3 Å². The summed E-state index contributed by atoms with van der Waals surface area (Å²) in [5, 5.41) is 2.79. The Kier molecular flexibility index (Phi) is 4.04. The number of amides is 1. The standard InChI is InChI=1S/C14H13IN2O2/c1-9-4-3-5-11(13(9)15)14(19)16-10-6-7-12(18)17(2)8-10/h3-8H,1-2H3,(H,16,19). The minimum Gasteiger partial charge on any atom is -0.321 e. The molecular weight excluding hydrogens is 355 g/mol. The molecule has 0 aliphatic rings. The summed E-state index contributed by atoms with van der Waals surface area (Å²) in [4.78, 5) is 23.5. The molecule has 0 spiro atoms. The number of aryl methyl sites for hydroxylation is 2. The van der Waals surface area contributed by atoms with E-state index in [-0.39, 0.29) is 11.5 Å². The lowest BCUT2D eigenvalue weighted by Gasteiger charge is -2.09. The second kappa shape index (κ2) is 5.56. The average molecular weight is 368 g/mol. The van der Waals surface area contributed by atoms with Crippen LogP contribution in [-0.2, 0) is 7.05 Å². The van der Waals surface area contributed by atoms with Crippen LogP contribution in [0.25, 0.3) is 0 Å². The van der Waals surface area contributed by atoms with Crippen molar-refractivity contribution in [3.63, 3.8) is 0 Å². The van der Waals surface area contributed by atoms with Gasteiger partial charge in [0.1, 0.15) is 0 Å². The van der Waals surface area contributed by atoms with Gasteiger partial charge in [0.15, 0.2) is 0 Å². The van der Waals surface area contributed by atoms with Crippen molar-refractivity contribution >= 4 is 34.2 Å². The highest BCUT2D eigenvalue weighted by molar-refractivity contribution is 14.1. The van der Waals surface area contributed by atoms with E-state index in [9.17, 15) is 9.59 Å². The predicted molar refractivity (Wildman–Crippen MR) is 83.5 cm³/mol. The number of rotatable bonds is 2. The first-order chi connectivity index (χ1) is 8.99. The van der Waals surface area contributed by atoms with Crippen LogP contribution in [-0.4, -0.2) is 10.5 Å². The van der Waals surface area contributed by atoms with Gasteiger partial charge in [0.2, 0.25) is 5.56 Å². The molecule has 98 valence electrons. The molecule has 0 bridgehead atoms. The van der Waals surface area contributed by atoms with E-state index in [0.29, 0.717) is 11.3 Å². The molecule has 1 heterocycles. The van der Waals surface area contributed by atoms with Crippen molar-refractivity contribution in [1.82, 2.24) is 4.57 Å². The van der Waals surface area contributed by atoms with Crippen LogP contribution in [0.1, 0.15) is 15.9 Å². The van der Waals surface area contributed by atoms with Crippen molar-refractivity contribution in [3.8, 4) is 0 Å². The van der Waals surface area contributed by atoms with Crippen LogP contribution in [0.3, 0.4) is 0 Å². The molecule has 0 unspecified atom stereocenters. The number of halogens is 1. The van der Waals surface area contributed by atoms with Gasteiger partial charge in [-0.25, -0.2) is 0 Å². The second-order valence-corrected chi connectivity index (χ2v) is 5.34. The number of carbonyl (C=O) groups excluding carboxylic acids is 1. The fraction of sp³-hybridized carbons (Fsp3) is 0.143. The average Bonchev–Trinajstić information content (AvgIpc) is 2.37. The summed E-state index contributed by atoms with van der Waals surface area (Å²) in [5.74, 6) is -0.174. The van der Waals surface area contributed by atoms with Gasteiger partial charge < -0.3 is 9.88 Å². The molecule has 0 saturated carbocycles. The van der Waals surface area contributed by atoms with E-state index in [1.807, 2.05) is 19.1 Å². The molecule has 2 rings (SSSR count). The number of anilines is 1. The molecule has 1 aromatic heterocycles. The maximum atomic E-state index is 12.2. The van der Waals surface area contributed by atoms with Crippen LogP contribution in [0.5, 0.6) is 0 Å². The molecule has 5 heteroatoms. The third kappa shape index (κ3) is 3.04. The molecule has 19 heavy (non-hydrogen) atoms. The number of nitrogens with zero attached hydrogens (tertiary/aromatic N) is 1. The first-order valence-corrected chi connectivity index (χ1v) is 6.80. The van der Waals surface area contributed by atoms with Crippen molar-refractivity contribution in [2.45, 2.75) is 6.92 Å². The molecule has 2 aromatic rings. The van der Waals surface area contributed by atoms with Crippen LogP contribution < -0.4 is 10.9 Å². The minimum atomic E-state index is -0.174. The second-order valence-electron chi connectivity index (χ2n) is 4.26. The maximum Gasteiger partial charge on any atom is 0.256 e. The normalized spacial score (nSPS) is 10.3. The van der Waals surface area contributed by atoms with Gasteiger partial charge >= 0.3 is 0 Å². The van der Waals surface area contributed by atoms with Crippen molar-refractivity contribution in [2.24, 2.45) is 7.05 Å². The Hall–Kier alpha value is -1.63. The van der Waals surface area contributed by atoms with Gasteiger partial charge in [-0.15, -0.1) is 0 Å². The van der Waals surface area contributed by atoms with Crippen molar-refractivity contribution < 1.29 is 4.79 Å². The SMILES string of the molecule is Cc1cccc(C(=O)Nc2ccc(=O)n(C)c2)c1I. The predicted octanol–water partition coefficient (Wildman–Crippen LogP) is 2.55. The molecule has 0 atom stereocenters. The van der Waals surface area contributed by atoms with E-state index in [1.54, 1.807) is 25.4 Å². The monoisotopic (exact) mass is 368 g/mol. The number of carbonyl (C=O) groups is 1. The summed E-state index contributed by atoms with van der Waals surface area (Å²) in [5.41, 5.74) is 2.19. The van der Waals surface area contributed by atoms with Crippen molar-refractivity contribution in [1.29, 1.82) is 0 Å². The Labute approximate surface area is 124 Å². The number of pyridine rings is 1. The Bertz CT molecular complexity index is 692. The smallest absolute Gasteiger partial charge is 0.256 e. The van der Waals surface area contributed by atoms with Gasteiger partial charge in [0.05, 0.1) is 11.3 Å². The lowest BCUT2D eigenvalue weighted by atomic mass is 10.1. The summed E-state index contributed by atoms with van der Waals surface area (Å²) in [6.45, 7) is 1.96. The first-order valence-electron chi connectivity index (χ1n) is 5.72. The zero-order valence-corrected chi connectivity index (χ0v) is 12.8. The Morgan fingerprint density at radius 1 is 1.26 bits per heavy atom. The Morgan fingerprint density at radius 3 is 2.68 bits per heavy atom. The molecule has 1 amide bonds. The molecule has 0 saturated heterocycles. The first kappa shape index (κ1) is 13.8. The van der Waals surface area contributed by atoms with Gasteiger partial charge in [0, 0.05) is 22.9 Å². The highest BCUT2D eigenvalue weighted by atomic mass is 127. The number of hydrogen-bond donors (Lipinski definition) is 1. The molecule has 1 N–H and O–H groups in total. The highest BCUT2D eigenvalue weighted by Gasteiger charge is 2.11. The van der Waals surface area contributed by atoms with Gasteiger partial charge in [-0.1, -0.05) is 12.1 Å². The van der Waals surface area contributed by atoms with E-state index < -0.39 is 0 Å². The highest BCUT2D eigenvalue weighted by Crippen LogP contribution is 2.18. The number of nitrogens with one attached hydrogen (secondary N) is 1. The van der Waals surface area contributed by atoms with Gasteiger partial charge in [-0.05, 0) is 47.2 Å². The molecule has 0 radical (unpaired) electrons. The Balaban J connectivity index is 2.28. The third-order valence-corrected chi connectivity index (χ3v) is 4.21. The fourth-order valence-electron chi connectivity index (χ4n) is 1.69. The maximum absolute atomic E-state index is 12.2. The zero-order valence-electron chi connectivity index (χ0n) is 10.6. The summed E-state index contributed by atoms with van der Waals surface area (Å²) in [6.07, 6.45) is 1.60. The minimum absolute atomic E-state index is 0.108. The third-order valence-electron chi connectivity index (χ3n) is 2.78. The molecule has 0 aliphatic carbocycles. The number of hydrogen-bond acceptors (Lipinski definition) is 2. The number of benzene rings is 1. The molecule has 0 aliphatic heterocycles. The van der Waals surface area contributed by atoms with Crippen molar-refractivity contribution in [3.05, 3.63) is 61.6 Å². The molecule has 4 nitrogen and oxygen atoms in total. The van der Waals surface area contributed by atoms with Gasteiger partial charge in [0.25, 0.3) is 5.91 Å². The van der Waals surface area contributed by atoms with Gasteiger partial charge in [-0.2, -0.15) is 0 Å². The fourth-order valence-corrected chi connectivity index (χ4v) is 2.29. The molecule has 1 aromatic carbocycles. The number of aromatic nitrogens is 1. The quantitative estimate of drug-likeness (QED) is 0.829. The zero-order chi connectivity index (χ0) is 14.0. The lowest BCUT2D eigenvalue weighted by Crippen LogP contribution is -2.18. The van der Waals surface area contributed by atoms with E-state index >= 15 is 0 Å². The van der Waals surface area contributed by atoms with E-state index in [4.69, 9.17) is 0 Å². The van der Waals surface area contributed by atoms with Crippen LogP contribution in [0.4, 0.5) is 5.69 Å². The molecular formula is C14H13IN2O2. The molecule has 0 fully saturated rings. The van der Waals surface area contributed by atoms with Crippen molar-refractivity contribution in [2.75, 3.05) is 5.32 Å². The summed E-state index contributed by atoms with van der Waals surface area (Å²) in [7, 11) is 1.65. The topological polar surface area (TPSA) is 51.1 Å².